The fourth-order valence-electron chi connectivity index (χ4n) is 1.89. The molecule has 0 amide bonds. The van der Waals surface area contributed by atoms with Crippen molar-refractivity contribution in [2.75, 3.05) is 27.3 Å². The summed E-state index contributed by atoms with van der Waals surface area (Å²) in [6, 6.07) is 13.3. The molecule has 0 heterocycles. The number of ether oxygens (including phenoxy) is 2. The van der Waals surface area contributed by atoms with Gasteiger partial charge in [-0.2, -0.15) is 4.31 Å². The predicted octanol–water partition coefficient (Wildman–Crippen LogP) is 3.05. The van der Waals surface area contributed by atoms with Gasteiger partial charge in [-0.05, 0) is 36.4 Å². The van der Waals surface area contributed by atoms with Crippen LogP contribution in [0.2, 0.25) is 5.02 Å². The van der Waals surface area contributed by atoms with Crippen LogP contribution in [-0.2, 0) is 10.0 Å². The van der Waals surface area contributed by atoms with Gasteiger partial charge in [0.05, 0.1) is 17.0 Å². The van der Waals surface area contributed by atoms with Gasteiger partial charge >= 0.3 is 0 Å². The zero-order chi connectivity index (χ0) is 16.9. The van der Waals surface area contributed by atoms with Crippen molar-refractivity contribution in [2.45, 2.75) is 4.90 Å². The molecule has 0 N–H and O–H groups in total. The van der Waals surface area contributed by atoms with E-state index in [2.05, 4.69) is 0 Å². The van der Waals surface area contributed by atoms with Gasteiger partial charge in [-0.15, -0.1) is 0 Å². The Bertz CT molecular complexity index is 747. The molecule has 23 heavy (non-hydrogen) atoms. The summed E-state index contributed by atoms with van der Waals surface area (Å²) in [6.45, 7) is 0.412. The molecule has 0 radical (unpaired) electrons. The molecular formula is C16H18ClNO4S. The molecule has 0 bridgehead atoms. The molecule has 0 aliphatic rings. The Labute approximate surface area is 141 Å². The van der Waals surface area contributed by atoms with Crippen LogP contribution in [0.3, 0.4) is 0 Å². The summed E-state index contributed by atoms with van der Waals surface area (Å²) < 4.78 is 36.7. The first-order chi connectivity index (χ1) is 10.9. The van der Waals surface area contributed by atoms with Gasteiger partial charge in [0.15, 0.2) is 0 Å². The summed E-state index contributed by atoms with van der Waals surface area (Å²) in [5.41, 5.74) is 0. The van der Waals surface area contributed by atoms with Gasteiger partial charge in [-0.3, -0.25) is 0 Å². The molecule has 0 atom stereocenters. The third-order valence-electron chi connectivity index (χ3n) is 3.27. The third kappa shape index (κ3) is 4.37. The number of methoxy groups -OCH3 is 1. The van der Waals surface area contributed by atoms with Gasteiger partial charge in [0, 0.05) is 13.6 Å². The minimum atomic E-state index is -3.56. The molecule has 0 saturated carbocycles. The molecule has 0 aromatic heterocycles. The number of benzene rings is 2. The Hall–Kier alpha value is -1.76. The molecule has 0 saturated heterocycles. The number of nitrogens with zero attached hydrogens (tertiary/aromatic N) is 1. The summed E-state index contributed by atoms with van der Waals surface area (Å²) in [7, 11) is -0.525. The van der Waals surface area contributed by atoms with E-state index in [1.807, 2.05) is 0 Å². The number of halogens is 1. The zero-order valence-electron chi connectivity index (χ0n) is 12.9. The van der Waals surface area contributed by atoms with Gasteiger partial charge in [0.2, 0.25) is 10.0 Å². The highest BCUT2D eigenvalue weighted by atomic mass is 35.5. The van der Waals surface area contributed by atoms with E-state index in [4.69, 9.17) is 21.1 Å². The lowest BCUT2D eigenvalue weighted by Crippen LogP contribution is -2.31. The van der Waals surface area contributed by atoms with Gasteiger partial charge in [-0.25, -0.2) is 8.42 Å². The monoisotopic (exact) mass is 355 g/mol. The van der Waals surface area contributed by atoms with Crippen LogP contribution in [0.1, 0.15) is 0 Å². The molecule has 0 aliphatic heterocycles. The van der Waals surface area contributed by atoms with Gasteiger partial charge in [0.25, 0.3) is 0 Å². The number of hydrogen-bond donors (Lipinski definition) is 0. The summed E-state index contributed by atoms with van der Waals surface area (Å²) >= 11 is 5.99. The lowest BCUT2D eigenvalue weighted by molar-refractivity contribution is 0.287. The van der Waals surface area contributed by atoms with Crippen LogP contribution in [0.5, 0.6) is 11.5 Å². The van der Waals surface area contributed by atoms with E-state index < -0.39 is 10.0 Å². The molecule has 124 valence electrons. The largest absolute Gasteiger partial charge is 0.497 e. The Morgan fingerprint density at radius 3 is 2.35 bits per heavy atom. The van der Waals surface area contributed by atoms with Gasteiger partial charge < -0.3 is 9.47 Å². The molecule has 2 rings (SSSR count). The smallest absolute Gasteiger partial charge is 0.242 e. The maximum Gasteiger partial charge on any atom is 0.242 e. The highest BCUT2D eigenvalue weighted by Crippen LogP contribution is 2.23. The SMILES string of the molecule is COc1ccc(S(=O)(=O)N(C)CCOc2ccccc2Cl)cc1. The number of rotatable bonds is 7. The van der Waals surface area contributed by atoms with E-state index in [9.17, 15) is 8.42 Å². The second kappa shape index (κ2) is 7.68. The third-order valence-corrected chi connectivity index (χ3v) is 5.45. The minimum absolute atomic E-state index is 0.204. The molecular weight excluding hydrogens is 338 g/mol. The van der Waals surface area contributed by atoms with Crippen molar-refractivity contribution >= 4 is 21.6 Å². The molecule has 5 nitrogen and oxygen atoms in total. The summed E-state index contributed by atoms with van der Waals surface area (Å²) in [5.74, 6) is 1.14. The second-order valence-corrected chi connectivity index (χ2v) is 7.23. The Morgan fingerprint density at radius 2 is 1.74 bits per heavy atom. The molecule has 7 heteroatoms. The van der Waals surface area contributed by atoms with Crippen molar-refractivity contribution in [2.24, 2.45) is 0 Å². The summed E-state index contributed by atoms with van der Waals surface area (Å²) in [4.78, 5) is 0.207. The molecule has 0 spiro atoms. The van der Waals surface area contributed by atoms with Crippen LogP contribution >= 0.6 is 11.6 Å². The van der Waals surface area contributed by atoms with E-state index in [1.165, 1.54) is 30.6 Å². The van der Waals surface area contributed by atoms with Crippen LogP contribution in [0.25, 0.3) is 0 Å². The zero-order valence-corrected chi connectivity index (χ0v) is 14.5. The predicted molar refractivity (Wildman–Crippen MR) is 89.8 cm³/mol. The highest BCUT2D eigenvalue weighted by Gasteiger charge is 2.20. The van der Waals surface area contributed by atoms with E-state index in [0.717, 1.165) is 0 Å². The van der Waals surface area contributed by atoms with E-state index >= 15 is 0 Å². The van der Waals surface area contributed by atoms with Crippen LogP contribution in [0.15, 0.2) is 53.4 Å². The average molecular weight is 356 g/mol. The first-order valence-corrected chi connectivity index (χ1v) is 8.74. The quantitative estimate of drug-likeness (QED) is 0.766. The summed E-state index contributed by atoms with van der Waals surface area (Å²) in [5, 5.41) is 0.494. The molecule has 0 unspecified atom stereocenters. The minimum Gasteiger partial charge on any atom is -0.497 e. The molecule has 2 aromatic rings. The van der Waals surface area contributed by atoms with Crippen molar-refractivity contribution in [1.29, 1.82) is 0 Å². The number of sulfonamides is 1. The van der Waals surface area contributed by atoms with Gasteiger partial charge in [0.1, 0.15) is 18.1 Å². The molecule has 2 aromatic carbocycles. The first-order valence-electron chi connectivity index (χ1n) is 6.93. The average Bonchev–Trinajstić information content (AvgIpc) is 2.56. The normalized spacial score (nSPS) is 11.5. The molecule has 0 fully saturated rings. The Kier molecular flexibility index (Phi) is 5.87. The second-order valence-electron chi connectivity index (χ2n) is 4.78. The Balaban J connectivity index is 1.98. The van der Waals surface area contributed by atoms with Gasteiger partial charge in [-0.1, -0.05) is 23.7 Å². The van der Waals surface area contributed by atoms with Crippen LogP contribution in [0, 0.1) is 0 Å². The lowest BCUT2D eigenvalue weighted by atomic mass is 10.3. The standard InChI is InChI=1S/C16H18ClNO4S/c1-18(11-12-22-16-6-4-3-5-15(16)17)23(19,20)14-9-7-13(21-2)8-10-14/h3-10H,11-12H2,1-2H3. The van der Waals surface area contributed by atoms with E-state index in [0.29, 0.717) is 16.5 Å². The maximum atomic E-state index is 12.4. The van der Waals surface area contributed by atoms with Crippen LogP contribution in [-0.4, -0.2) is 40.0 Å². The first kappa shape index (κ1) is 17.6. The summed E-state index contributed by atoms with van der Waals surface area (Å²) in [6.07, 6.45) is 0. The van der Waals surface area contributed by atoms with Crippen LogP contribution < -0.4 is 9.47 Å². The van der Waals surface area contributed by atoms with Crippen molar-refractivity contribution < 1.29 is 17.9 Å². The fourth-order valence-corrected chi connectivity index (χ4v) is 3.24. The lowest BCUT2D eigenvalue weighted by Gasteiger charge is -2.18. The number of hydrogen-bond acceptors (Lipinski definition) is 4. The van der Waals surface area contributed by atoms with E-state index in [1.54, 1.807) is 36.4 Å². The molecule has 0 aliphatic carbocycles. The highest BCUT2D eigenvalue weighted by molar-refractivity contribution is 7.89. The van der Waals surface area contributed by atoms with Crippen molar-refractivity contribution in [1.82, 2.24) is 4.31 Å². The van der Waals surface area contributed by atoms with Crippen molar-refractivity contribution in [3.63, 3.8) is 0 Å². The van der Waals surface area contributed by atoms with Crippen molar-refractivity contribution in [3.05, 3.63) is 53.6 Å². The fraction of sp³-hybridized carbons (Fsp3) is 0.250. The van der Waals surface area contributed by atoms with E-state index in [-0.39, 0.29) is 18.0 Å². The van der Waals surface area contributed by atoms with Crippen molar-refractivity contribution in [3.8, 4) is 11.5 Å². The number of para-hydroxylation sites is 1. The maximum absolute atomic E-state index is 12.4. The van der Waals surface area contributed by atoms with Crippen LogP contribution in [0.4, 0.5) is 0 Å². The number of likely N-dealkylation sites (N-methyl/N-ethyl adjacent to an activating group) is 1. The topological polar surface area (TPSA) is 55.8 Å². The Morgan fingerprint density at radius 1 is 1.09 bits per heavy atom.